The molecule has 0 saturated heterocycles. The lowest BCUT2D eigenvalue weighted by molar-refractivity contribution is -0.140. The maximum Gasteiger partial charge on any atom is 0.264 e. The van der Waals surface area contributed by atoms with Crippen LogP contribution in [0.4, 0.5) is 10.1 Å². The number of aryl methyl sites for hydroxylation is 1. The van der Waals surface area contributed by atoms with Crippen LogP contribution in [0.25, 0.3) is 0 Å². The first kappa shape index (κ1) is 33.4. The fraction of sp³-hybridized carbons (Fsp3) is 0.278. The molecule has 45 heavy (non-hydrogen) atoms. The Morgan fingerprint density at radius 2 is 1.42 bits per heavy atom. The molecule has 0 radical (unpaired) electrons. The molecule has 0 aliphatic rings. The SMILES string of the molecule is Cc1cccc(N(CC(=O)N(Cc2ccc(F)cc2)C(Cc2ccccc2)C(=O)NCC(C)C)S(=O)(=O)c2ccccc2)c1C. The molecule has 7 nitrogen and oxygen atoms in total. The number of nitrogens with zero attached hydrogens (tertiary/aromatic N) is 2. The molecule has 1 atom stereocenters. The number of hydrogen-bond donors (Lipinski definition) is 1. The third-order valence-corrected chi connectivity index (χ3v) is 9.45. The van der Waals surface area contributed by atoms with Gasteiger partial charge in [-0.05, 0) is 72.4 Å². The maximum atomic E-state index is 14.5. The molecule has 9 heteroatoms. The van der Waals surface area contributed by atoms with Crippen LogP contribution in [0.3, 0.4) is 0 Å². The average Bonchev–Trinajstić information content (AvgIpc) is 3.03. The highest BCUT2D eigenvalue weighted by Gasteiger charge is 2.35. The lowest BCUT2D eigenvalue weighted by atomic mass is 10.0. The summed E-state index contributed by atoms with van der Waals surface area (Å²) in [5.41, 5.74) is 3.39. The second kappa shape index (κ2) is 15.0. The molecule has 0 spiro atoms. The van der Waals surface area contributed by atoms with E-state index in [2.05, 4.69) is 5.32 Å². The van der Waals surface area contributed by atoms with Crippen molar-refractivity contribution in [3.05, 3.63) is 131 Å². The van der Waals surface area contributed by atoms with Gasteiger partial charge in [0.2, 0.25) is 11.8 Å². The van der Waals surface area contributed by atoms with Gasteiger partial charge in [-0.2, -0.15) is 0 Å². The van der Waals surface area contributed by atoms with Gasteiger partial charge in [-0.15, -0.1) is 0 Å². The molecule has 1 unspecified atom stereocenters. The number of halogens is 1. The number of benzene rings is 4. The third kappa shape index (κ3) is 8.57. The fourth-order valence-electron chi connectivity index (χ4n) is 5.00. The topological polar surface area (TPSA) is 86.8 Å². The first-order valence-electron chi connectivity index (χ1n) is 15.0. The minimum Gasteiger partial charge on any atom is -0.354 e. The zero-order valence-corrected chi connectivity index (χ0v) is 26.9. The molecule has 4 aromatic rings. The van der Waals surface area contributed by atoms with Gasteiger partial charge in [0, 0.05) is 19.5 Å². The summed E-state index contributed by atoms with van der Waals surface area (Å²) < 4.78 is 43.3. The number of anilines is 1. The van der Waals surface area contributed by atoms with Crippen LogP contribution in [-0.4, -0.2) is 44.3 Å². The Bertz CT molecular complexity index is 1700. The highest BCUT2D eigenvalue weighted by molar-refractivity contribution is 7.92. The van der Waals surface area contributed by atoms with E-state index in [0.717, 1.165) is 15.4 Å². The lowest BCUT2D eigenvalue weighted by Gasteiger charge is -2.34. The van der Waals surface area contributed by atoms with Crippen molar-refractivity contribution in [3.63, 3.8) is 0 Å². The van der Waals surface area contributed by atoms with Crippen molar-refractivity contribution < 1.29 is 22.4 Å². The molecule has 1 N–H and O–H groups in total. The first-order valence-corrected chi connectivity index (χ1v) is 16.4. The van der Waals surface area contributed by atoms with Crippen molar-refractivity contribution in [1.82, 2.24) is 10.2 Å². The number of amides is 2. The smallest absolute Gasteiger partial charge is 0.264 e. The molecule has 0 fully saturated rings. The Morgan fingerprint density at radius 1 is 0.800 bits per heavy atom. The highest BCUT2D eigenvalue weighted by atomic mass is 32.2. The Kier molecular flexibility index (Phi) is 11.1. The van der Waals surface area contributed by atoms with Gasteiger partial charge in [-0.1, -0.05) is 86.6 Å². The van der Waals surface area contributed by atoms with Gasteiger partial charge in [0.25, 0.3) is 10.0 Å². The molecule has 0 aliphatic carbocycles. The molecule has 0 aliphatic heterocycles. The van der Waals surface area contributed by atoms with Gasteiger partial charge >= 0.3 is 0 Å². The van der Waals surface area contributed by atoms with E-state index < -0.39 is 34.3 Å². The zero-order valence-electron chi connectivity index (χ0n) is 26.1. The summed E-state index contributed by atoms with van der Waals surface area (Å²) in [6.45, 7) is 7.47. The average molecular weight is 630 g/mol. The molecule has 0 aromatic heterocycles. The minimum atomic E-state index is -4.19. The van der Waals surface area contributed by atoms with E-state index in [4.69, 9.17) is 0 Å². The minimum absolute atomic E-state index is 0.0300. The monoisotopic (exact) mass is 629 g/mol. The van der Waals surface area contributed by atoms with Gasteiger partial charge in [0.15, 0.2) is 0 Å². The van der Waals surface area contributed by atoms with Gasteiger partial charge in [0.05, 0.1) is 10.6 Å². The van der Waals surface area contributed by atoms with Crippen molar-refractivity contribution in [2.45, 2.75) is 51.6 Å². The molecule has 4 aromatic carbocycles. The summed E-state index contributed by atoms with van der Waals surface area (Å²) in [5, 5.41) is 2.97. The molecule has 0 saturated carbocycles. The van der Waals surface area contributed by atoms with Crippen LogP contribution < -0.4 is 9.62 Å². The molecule has 2 amide bonds. The summed E-state index contributed by atoms with van der Waals surface area (Å²) in [4.78, 5) is 29.8. The summed E-state index contributed by atoms with van der Waals surface area (Å²) in [7, 11) is -4.19. The van der Waals surface area contributed by atoms with E-state index in [1.807, 2.05) is 64.1 Å². The number of rotatable bonds is 13. The van der Waals surface area contributed by atoms with Crippen molar-refractivity contribution in [1.29, 1.82) is 0 Å². The number of sulfonamides is 1. The standard InChI is InChI=1S/C36H40FN3O4S/c1-26(2)23-38-36(42)34(22-29-13-7-5-8-14-29)39(24-30-18-20-31(37)21-19-30)35(41)25-40(33-17-11-12-27(3)28(33)4)45(43,44)32-15-9-6-10-16-32/h5-21,26,34H,22-25H2,1-4H3,(H,38,42). The number of hydrogen-bond acceptors (Lipinski definition) is 4. The molecule has 0 bridgehead atoms. The normalized spacial score (nSPS) is 12.0. The van der Waals surface area contributed by atoms with E-state index >= 15 is 0 Å². The summed E-state index contributed by atoms with van der Waals surface area (Å²) >= 11 is 0. The first-order chi connectivity index (χ1) is 21.5. The Hall–Kier alpha value is -4.50. The largest absolute Gasteiger partial charge is 0.354 e. The van der Waals surface area contributed by atoms with Crippen molar-refractivity contribution >= 4 is 27.5 Å². The van der Waals surface area contributed by atoms with Crippen molar-refractivity contribution in [3.8, 4) is 0 Å². The van der Waals surface area contributed by atoms with Crippen molar-refractivity contribution in [2.75, 3.05) is 17.4 Å². The third-order valence-electron chi connectivity index (χ3n) is 7.68. The van der Waals surface area contributed by atoms with Crippen LogP contribution in [0, 0.1) is 25.6 Å². The van der Waals surface area contributed by atoms with Gasteiger partial charge < -0.3 is 10.2 Å². The molecule has 0 heterocycles. The Balaban J connectivity index is 1.82. The van der Waals surface area contributed by atoms with Crippen LogP contribution in [0.15, 0.2) is 108 Å². The molecule has 236 valence electrons. The maximum absolute atomic E-state index is 14.5. The van der Waals surface area contributed by atoms with E-state index in [-0.39, 0.29) is 29.7 Å². The van der Waals surface area contributed by atoms with Crippen LogP contribution >= 0.6 is 0 Å². The second-order valence-electron chi connectivity index (χ2n) is 11.5. The van der Waals surface area contributed by atoms with Crippen molar-refractivity contribution in [2.24, 2.45) is 5.92 Å². The van der Waals surface area contributed by atoms with E-state index in [9.17, 15) is 22.4 Å². The number of nitrogens with one attached hydrogen (secondary N) is 1. The fourth-order valence-corrected chi connectivity index (χ4v) is 6.49. The van der Waals surface area contributed by atoms with E-state index in [1.165, 1.54) is 29.2 Å². The van der Waals surface area contributed by atoms with Crippen LogP contribution in [0.5, 0.6) is 0 Å². The van der Waals surface area contributed by atoms with Crippen LogP contribution in [0.1, 0.15) is 36.1 Å². The Morgan fingerprint density at radius 3 is 2.04 bits per heavy atom. The summed E-state index contributed by atoms with van der Waals surface area (Å²) in [6, 6.07) is 27.4. The van der Waals surface area contributed by atoms with Crippen LogP contribution in [0.2, 0.25) is 0 Å². The predicted octanol–water partition coefficient (Wildman–Crippen LogP) is 6.05. The number of carbonyl (C=O) groups excluding carboxylic acids is 2. The molecular weight excluding hydrogens is 589 g/mol. The van der Waals surface area contributed by atoms with Gasteiger partial charge in [-0.3, -0.25) is 13.9 Å². The predicted molar refractivity (Wildman–Crippen MR) is 176 cm³/mol. The van der Waals surface area contributed by atoms with Crippen LogP contribution in [-0.2, 0) is 32.6 Å². The lowest BCUT2D eigenvalue weighted by Crippen LogP contribution is -2.53. The Labute approximate surface area is 265 Å². The summed E-state index contributed by atoms with van der Waals surface area (Å²) in [6.07, 6.45) is 0.201. The highest BCUT2D eigenvalue weighted by Crippen LogP contribution is 2.29. The van der Waals surface area contributed by atoms with Gasteiger partial charge in [-0.25, -0.2) is 12.8 Å². The zero-order chi connectivity index (χ0) is 32.6. The number of carbonyl (C=O) groups is 2. The van der Waals surface area contributed by atoms with E-state index in [0.29, 0.717) is 23.4 Å². The second-order valence-corrected chi connectivity index (χ2v) is 13.4. The molecular formula is C36H40FN3O4S. The van der Waals surface area contributed by atoms with E-state index in [1.54, 1.807) is 42.5 Å². The molecule has 4 rings (SSSR count). The quantitative estimate of drug-likeness (QED) is 0.195. The van der Waals surface area contributed by atoms with Gasteiger partial charge in [0.1, 0.15) is 18.4 Å². The summed E-state index contributed by atoms with van der Waals surface area (Å²) in [5.74, 6) is -1.18.